The molecule has 1 amide bonds. The summed E-state index contributed by atoms with van der Waals surface area (Å²) in [6.45, 7) is 1.43. The molecule has 1 aromatic rings. The van der Waals surface area contributed by atoms with Gasteiger partial charge in [0.25, 0.3) is 5.91 Å². The van der Waals surface area contributed by atoms with E-state index in [4.69, 9.17) is 10.8 Å². The van der Waals surface area contributed by atoms with Crippen LogP contribution in [0.4, 0.5) is 10.1 Å². The van der Waals surface area contributed by atoms with Crippen LogP contribution < -0.4 is 10.6 Å². The molecular weight excluding hydrogens is 275 g/mol. The number of rotatable bonds is 5. The van der Waals surface area contributed by atoms with Gasteiger partial charge in [0, 0.05) is 25.2 Å². The number of hydrogen-bond acceptors (Lipinski definition) is 3. The summed E-state index contributed by atoms with van der Waals surface area (Å²) >= 11 is 0. The quantitative estimate of drug-likeness (QED) is 0.870. The summed E-state index contributed by atoms with van der Waals surface area (Å²) in [7, 11) is 0. The van der Waals surface area contributed by atoms with Gasteiger partial charge in [0.15, 0.2) is 0 Å². The molecule has 0 bridgehead atoms. The molecule has 2 rings (SSSR count). The highest BCUT2D eigenvalue weighted by atomic mass is 19.1. The Morgan fingerprint density at radius 2 is 2.19 bits per heavy atom. The molecule has 0 saturated carbocycles. The van der Waals surface area contributed by atoms with Gasteiger partial charge in [-0.25, -0.2) is 4.39 Å². The number of nitrogens with two attached hydrogens (primary N) is 1. The smallest absolute Gasteiger partial charge is 0.303 e. The lowest BCUT2D eigenvalue weighted by atomic mass is 9.92. The molecule has 1 saturated heterocycles. The summed E-state index contributed by atoms with van der Waals surface area (Å²) in [6.07, 6.45) is 2.64. The maximum Gasteiger partial charge on any atom is 0.303 e. The zero-order valence-electron chi connectivity index (χ0n) is 11.7. The number of piperidine rings is 1. The number of primary amides is 1. The highest BCUT2D eigenvalue weighted by Gasteiger charge is 2.23. The third kappa shape index (κ3) is 3.93. The highest BCUT2D eigenvalue weighted by molar-refractivity contribution is 5.98. The first-order valence-electron chi connectivity index (χ1n) is 7.03. The lowest BCUT2D eigenvalue weighted by Crippen LogP contribution is -2.37. The predicted octanol–water partition coefficient (Wildman–Crippen LogP) is 2.01. The average molecular weight is 294 g/mol. The molecule has 5 nitrogen and oxygen atoms in total. The molecule has 1 unspecified atom stereocenters. The van der Waals surface area contributed by atoms with Crippen molar-refractivity contribution in [1.29, 1.82) is 0 Å². The van der Waals surface area contributed by atoms with Crippen molar-refractivity contribution < 1.29 is 19.1 Å². The molecule has 1 fully saturated rings. The van der Waals surface area contributed by atoms with Gasteiger partial charge < -0.3 is 15.7 Å². The highest BCUT2D eigenvalue weighted by Crippen LogP contribution is 2.28. The summed E-state index contributed by atoms with van der Waals surface area (Å²) < 4.78 is 13.3. The number of carboxylic acid groups (broad SMARTS) is 1. The van der Waals surface area contributed by atoms with Gasteiger partial charge in [0.05, 0.1) is 5.56 Å². The van der Waals surface area contributed by atoms with E-state index in [0.29, 0.717) is 18.7 Å². The zero-order chi connectivity index (χ0) is 15.4. The number of anilines is 1. The van der Waals surface area contributed by atoms with E-state index in [9.17, 15) is 14.0 Å². The van der Waals surface area contributed by atoms with Gasteiger partial charge in [-0.05, 0) is 43.4 Å². The number of aliphatic carboxylic acids is 1. The number of benzene rings is 1. The monoisotopic (exact) mass is 294 g/mol. The molecule has 3 N–H and O–H groups in total. The second kappa shape index (κ2) is 6.56. The fourth-order valence-electron chi connectivity index (χ4n) is 2.83. The van der Waals surface area contributed by atoms with Crippen molar-refractivity contribution in [3.05, 3.63) is 29.6 Å². The molecular formula is C15H19FN2O3. The van der Waals surface area contributed by atoms with E-state index in [-0.39, 0.29) is 17.9 Å². The number of carbonyl (C=O) groups excluding carboxylic acids is 1. The van der Waals surface area contributed by atoms with Crippen LogP contribution in [-0.2, 0) is 4.79 Å². The molecule has 1 aliphatic rings. The Kier molecular flexibility index (Phi) is 4.77. The Morgan fingerprint density at radius 1 is 1.43 bits per heavy atom. The van der Waals surface area contributed by atoms with Crippen LogP contribution in [0, 0.1) is 11.7 Å². The molecule has 1 atom stereocenters. The average Bonchev–Trinajstić information content (AvgIpc) is 2.45. The molecule has 0 aliphatic carbocycles. The van der Waals surface area contributed by atoms with E-state index in [1.165, 1.54) is 6.07 Å². The van der Waals surface area contributed by atoms with E-state index >= 15 is 0 Å². The van der Waals surface area contributed by atoms with Gasteiger partial charge in [-0.3, -0.25) is 9.59 Å². The summed E-state index contributed by atoms with van der Waals surface area (Å²) in [5.41, 5.74) is 6.12. The summed E-state index contributed by atoms with van der Waals surface area (Å²) in [5, 5.41) is 8.76. The molecule has 0 aromatic heterocycles. The van der Waals surface area contributed by atoms with Crippen LogP contribution in [0.1, 0.15) is 36.0 Å². The van der Waals surface area contributed by atoms with Gasteiger partial charge in [-0.15, -0.1) is 0 Å². The number of nitrogens with zero attached hydrogens (tertiary/aromatic N) is 1. The predicted molar refractivity (Wildman–Crippen MR) is 76.7 cm³/mol. The van der Waals surface area contributed by atoms with E-state index < -0.39 is 17.7 Å². The van der Waals surface area contributed by atoms with Crippen molar-refractivity contribution in [2.24, 2.45) is 11.7 Å². The Bertz CT molecular complexity index is 548. The molecule has 114 valence electrons. The van der Waals surface area contributed by atoms with E-state index in [2.05, 4.69) is 0 Å². The molecule has 0 radical (unpaired) electrons. The van der Waals surface area contributed by atoms with Crippen molar-refractivity contribution >= 4 is 17.6 Å². The van der Waals surface area contributed by atoms with Crippen molar-refractivity contribution in [1.82, 2.24) is 0 Å². The van der Waals surface area contributed by atoms with Crippen LogP contribution in [0.5, 0.6) is 0 Å². The number of amides is 1. The second-order valence-corrected chi connectivity index (χ2v) is 5.41. The van der Waals surface area contributed by atoms with Crippen LogP contribution in [0.25, 0.3) is 0 Å². The van der Waals surface area contributed by atoms with Crippen molar-refractivity contribution in [2.45, 2.75) is 25.7 Å². The third-order valence-corrected chi connectivity index (χ3v) is 3.85. The first-order valence-corrected chi connectivity index (χ1v) is 7.03. The molecule has 1 aliphatic heterocycles. The minimum Gasteiger partial charge on any atom is -0.481 e. The SMILES string of the molecule is NC(=O)c1cc(F)ccc1N1CCCC(CCC(=O)O)C1. The number of carboxylic acids is 1. The van der Waals surface area contributed by atoms with E-state index in [1.54, 1.807) is 6.07 Å². The van der Waals surface area contributed by atoms with Gasteiger partial charge in [0.1, 0.15) is 5.82 Å². The summed E-state index contributed by atoms with van der Waals surface area (Å²) in [4.78, 5) is 24.1. The van der Waals surface area contributed by atoms with E-state index in [1.807, 2.05) is 4.90 Å². The van der Waals surface area contributed by atoms with Crippen molar-refractivity contribution in [3.8, 4) is 0 Å². The largest absolute Gasteiger partial charge is 0.481 e. The van der Waals surface area contributed by atoms with Gasteiger partial charge in [-0.1, -0.05) is 0 Å². The van der Waals surface area contributed by atoms with Gasteiger partial charge in [-0.2, -0.15) is 0 Å². The molecule has 1 heterocycles. The fraction of sp³-hybridized carbons (Fsp3) is 0.467. The Balaban J connectivity index is 2.14. The van der Waals surface area contributed by atoms with E-state index in [0.717, 1.165) is 25.5 Å². The van der Waals surface area contributed by atoms with Gasteiger partial charge in [0.2, 0.25) is 0 Å². The van der Waals surface area contributed by atoms with Crippen molar-refractivity contribution in [3.63, 3.8) is 0 Å². The Morgan fingerprint density at radius 3 is 2.86 bits per heavy atom. The number of carbonyl (C=O) groups is 2. The maximum atomic E-state index is 13.3. The second-order valence-electron chi connectivity index (χ2n) is 5.41. The minimum atomic E-state index is -0.799. The van der Waals surface area contributed by atoms with Crippen LogP contribution in [-0.4, -0.2) is 30.1 Å². The molecule has 21 heavy (non-hydrogen) atoms. The number of hydrogen-bond donors (Lipinski definition) is 2. The van der Waals surface area contributed by atoms with Crippen LogP contribution in [0.15, 0.2) is 18.2 Å². The first kappa shape index (κ1) is 15.3. The Hall–Kier alpha value is -2.11. The van der Waals surface area contributed by atoms with Crippen LogP contribution in [0.3, 0.4) is 0 Å². The fourth-order valence-corrected chi connectivity index (χ4v) is 2.83. The van der Waals surface area contributed by atoms with Crippen LogP contribution >= 0.6 is 0 Å². The zero-order valence-corrected chi connectivity index (χ0v) is 11.7. The van der Waals surface area contributed by atoms with Crippen LogP contribution in [0.2, 0.25) is 0 Å². The standard InChI is InChI=1S/C15H19FN2O3/c16-11-4-5-13(12(8-11)15(17)21)18-7-1-2-10(9-18)3-6-14(19)20/h4-5,8,10H,1-3,6-7,9H2,(H2,17,21)(H,19,20). The Labute approximate surface area is 122 Å². The molecule has 1 aromatic carbocycles. The van der Waals surface area contributed by atoms with Crippen molar-refractivity contribution in [2.75, 3.05) is 18.0 Å². The van der Waals surface area contributed by atoms with Gasteiger partial charge >= 0.3 is 5.97 Å². The molecule has 0 spiro atoms. The lowest BCUT2D eigenvalue weighted by molar-refractivity contribution is -0.137. The third-order valence-electron chi connectivity index (χ3n) is 3.85. The minimum absolute atomic E-state index is 0.143. The maximum absolute atomic E-state index is 13.3. The summed E-state index contributed by atoms with van der Waals surface area (Å²) in [6, 6.07) is 4.02. The normalized spacial score (nSPS) is 18.5. The first-order chi connectivity index (χ1) is 9.97. The molecule has 6 heteroatoms. The number of halogens is 1. The lowest BCUT2D eigenvalue weighted by Gasteiger charge is -2.35. The topological polar surface area (TPSA) is 83.6 Å². The summed E-state index contributed by atoms with van der Waals surface area (Å²) in [5.74, 6) is -1.68.